The smallest absolute Gasteiger partial charge is 0.255 e. The summed E-state index contributed by atoms with van der Waals surface area (Å²) < 4.78 is 5.23. The number of ether oxygens (including phenoxy) is 1. The van der Waals surface area contributed by atoms with Gasteiger partial charge in [-0.05, 0) is 74.4 Å². The molecule has 0 radical (unpaired) electrons. The van der Waals surface area contributed by atoms with Gasteiger partial charge < -0.3 is 20.3 Å². The molecule has 194 valence electrons. The van der Waals surface area contributed by atoms with Crippen LogP contribution in [0.5, 0.6) is 5.75 Å². The first-order chi connectivity index (χ1) is 18.4. The van der Waals surface area contributed by atoms with Crippen LogP contribution in [0.15, 0.2) is 89.1 Å². The summed E-state index contributed by atoms with van der Waals surface area (Å²) in [6.07, 6.45) is 0.996. The number of hydrogen-bond donors (Lipinski definition) is 2. The molecule has 0 bridgehead atoms. The lowest BCUT2D eigenvalue weighted by Crippen LogP contribution is -2.43. The Bertz CT molecular complexity index is 1410. The second-order valence-corrected chi connectivity index (χ2v) is 10.4. The molecule has 0 aliphatic carbocycles. The van der Waals surface area contributed by atoms with E-state index in [2.05, 4.69) is 15.5 Å². The quantitative estimate of drug-likeness (QED) is 0.411. The second kappa shape index (κ2) is 11.1. The molecule has 38 heavy (non-hydrogen) atoms. The molecule has 2 heterocycles. The average Bonchev–Trinajstić information content (AvgIpc) is 2.93. The highest BCUT2D eigenvalue weighted by Gasteiger charge is 2.37. The van der Waals surface area contributed by atoms with E-state index in [1.54, 1.807) is 18.9 Å². The maximum Gasteiger partial charge on any atom is 0.255 e. The Hall–Kier alpha value is -4.04. The van der Waals surface area contributed by atoms with E-state index < -0.39 is 0 Å². The number of aryl methyl sites for hydroxylation is 1. The number of nitrogens with zero attached hydrogens (tertiary/aromatic N) is 2. The molecule has 0 aromatic heterocycles. The molecule has 7 nitrogen and oxygen atoms in total. The Morgan fingerprint density at radius 1 is 0.947 bits per heavy atom. The van der Waals surface area contributed by atoms with Gasteiger partial charge in [0.2, 0.25) is 0 Å². The van der Waals surface area contributed by atoms with Gasteiger partial charge in [0.15, 0.2) is 5.17 Å². The largest absolute Gasteiger partial charge is 0.497 e. The van der Waals surface area contributed by atoms with E-state index in [0.29, 0.717) is 28.2 Å². The lowest BCUT2D eigenvalue weighted by Gasteiger charge is -2.41. The molecule has 1 saturated heterocycles. The van der Waals surface area contributed by atoms with Crippen LogP contribution in [-0.2, 0) is 4.79 Å². The van der Waals surface area contributed by atoms with Gasteiger partial charge in [0, 0.05) is 29.2 Å². The molecule has 8 heteroatoms. The number of fused-ring (bicyclic) bond motifs is 1. The molecule has 2 amide bonds. The van der Waals surface area contributed by atoms with Crippen molar-refractivity contribution in [3.05, 3.63) is 101 Å². The van der Waals surface area contributed by atoms with E-state index in [9.17, 15) is 9.59 Å². The lowest BCUT2D eigenvalue weighted by atomic mass is 9.93. The Kier molecular flexibility index (Phi) is 7.51. The third-order valence-corrected chi connectivity index (χ3v) is 7.70. The van der Waals surface area contributed by atoms with Crippen molar-refractivity contribution in [2.75, 3.05) is 30.0 Å². The van der Waals surface area contributed by atoms with Gasteiger partial charge in [-0.25, -0.2) is 4.99 Å². The fourth-order valence-corrected chi connectivity index (χ4v) is 5.69. The number of benzene rings is 3. The first kappa shape index (κ1) is 25.6. The van der Waals surface area contributed by atoms with Crippen molar-refractivity contribution in [2.24, 2.45) is 4.99 Å². The van der Waals surface area contributed by atoms with Gasteiger partial charge in [-0.3, -0.25) is 9.59 Å². The SMILES string of the molecule is COc1ccc(NC(=O)C2=C(C)N=C3SCCCN3C2c2cccc(NC(=O)c3ccc(C)cc3)c2)cc1. The second-order valence-electron chi connectivity index (χ2n) is 9.32. The van der Waals surface area contributed by atoms with Crippen molar-refractivity contribution in [3.63, 3.8) is 0 Å². The summed E-state index contributed by atoms with van der Waals surface area (Å²) in [5, 5.41) is 6.98. The van der Waals surface area contributed by atoms with Crippen molar-refractivity contribution in [1.82, 2.24) is 4.90 Å². The number of thioether (sulfide) groups is 1. The topological polar surface area (TPSA) is 83.0 Å². The van der Waals surface area contributed by atoms with E-state index in [-0.39, 0.29) is 17.9 Å². The number of carbonyl (C=O) groups excluding carboxylic acids is 2. The van der Waals surface area contributed by atoms with Crippen LogP contribution in [0.25, 0.3) is 0 Å². The number of anilines is 2. The number of carbonyl (C=O) groups is 2. The van der Waals surface area contributed by atoms with Crippen molar-refractivity contribution >= 4 is 40.1 Å². The molecule has 3 aromatic carbocycles. The molecular formula is C30H30N4O3S. The zero-order valence-corrected chi connectivity index (χ0v) is 22.5. The van der Waals surface area contributed by atoms with Gasteiger partial charge in [-0.1, -0.05) is 41.6 Å². The molecule has 1 unspecified atom stereocenters. The Morgan fingerprint density at radius 2 is 1.68 bits per heavy atom. The molecule has 2 aliphatic rings. The number of nitrogens with one attached hydrogen (secondary N) is 2. The Balaban J connectivity index is 1.46. The van der Waals surface area contributed by atoms with Crippen LogP contribution in [0, 0.1) is 6.92 Å². The maximum atomic E-state index is 13.7. The highest BCUT2D eigenvalue weighted by molar-refractivity contribution is 8.13. The van der Waals surface area contributed by atoms with Crippen LogP contribution in [0.2, 0.25) is 0 Å². The minimum Gasteiger partial charge on any atom is -0.497 e. The number of allylic oxidation sites excluding steroid dienone is 1. The maximum absolute atomic E-state index is 13.7. The van der Waals surface area contributed by atoms with Crippen molar-refractivity contribution in [2.45, 2.75) is 26.3 Å². The van der Waals surface area contributed by atoms with Crippen LogP contribution in [-0.4, -0.2) is 41.3 Å². The minimum atomic E-state index is -0.329. The summed E-state index contributed by atoms with van der Waals surface area (Å²) in [7, 11) is 1.61. The number of rotatable bonds is 6. The third-order valence-electron chi connectivity index (χ3n) is 6.62. The number of methoxy groups -OCH3 is 1. The van der Waals surface area contributed by atoms with Gasteiger partial charge in [0.1, 0.15) is 5.75 Å². The standard InChI is InChI=1S/C30H30N4O3S/c1-19-8-10-21(11-9-19)28(35)33-24-7-4-6-22(18-24)27-26(20(2)31-30-34(27)16-5-17-38-30)29(36)32-23-12-14-25(37-3)15-13-23/h4,6-15,18,27H,5,16-17H2,1-3H3,(H,32,36)(H,33,35). The van der Waals surface area contributed by atoms with E-state index in [1.165, 1.54) is 0 Å². The third kappa shape index (κ3) is 5.45. The Labute approximate surface area is 227 Å². The number of hydrogen-bond acceptors (Lipinski definition) is 6. The number of amides is 2. The predicted octanol–water partition coefficient (Wildman–Crippen LogP) is 6.02. The van der Waals surface area contributed by atoms with Crippen molar-refractivity contribution < 1.29 is 14.3 Å². The molecule has 0 saturated carbocycles. The summed E-state index contributed by atoms with van der Waals surface area (Å²) in [6, 6.07) is 22.1. The molecule has 1 fully saturated rings. The molecule has 2 N–H and O–H groups in total. The number of amidine groups is 1. The minimum absolute atomic E-state index is 0.175. The highest BCUT2D eigenvalue weighted by atomic mass is 32.2. The zero-order chi connectivity index (χ0) is 26.6. The molecule has 1 atom stereocenters. The molecule has 2 aliphatic heterocycles. The fraction of sp³-hybridized carbons (Fsp3) is 0.233. The summed E-state index contributed by atoms with van der Waals surface area (Å²) in [5.41, 5.74) is 5.24. The van der Waals surface area contributed by atoms with Crippen molar-refractivity contribution in [3.8, 4) is 5.75 Å². The van der Waals surface area contributed by atoms with Crippen LogP contribution in [0.4, 0.5) is 11.4 Å². The lowest BCUT2D eigenvalue weighted by molar-refractivity contribution is -0.113. The van der Waals surface area contributed by atoms with Crippen LogP contribution in [0.1, 0.15) is 40.9 Å². The summed E-state index contributed by atoms with van der Waals surface area (Å²) in [6.45, 7) is 4.67. The van der Waals surface area contributed by atoms with Crippen molar-refractivity contribution in [1.29, 1.82) is 0 Å². The first-order valence-corrected chi connectivity index (χ1v) is 13.5. The fourth-order valence-electron chi connectivity index (χ4n) is 4.67. The normalized spacial score (nSPS) is 16.9. The summed E-state index contributed by atoms with van der Waals surface area (Å²) >= 11 is 1.71. The monoisotopic (exact) mass is 526 g/mol. The van der Waals surface area contributed by atoms with Gasteiger partial charge in [-0.2, -0.15) is 0 Å². The molecule has 5 rings (SSSR count). The molecule has 0 spiro atoms. The van der Waals surface area contributed by atoms with Crippen LogP contribution < -0.4 is 15.4 Å². The van der Waals surface area contributed by atoms with E-state index in [1.807, 2.05) is 86.6 Å². The number of aliphatic imine (C=N–C) groups is 1. The predicted molar refractivity (Wildman–Crippen MR) is 154 cm³/mol. The van der Waals surface area contributed by atoms with Crippen LogP contribution >= 0.6 is 11.8 Å². The van der Waals surface area contributed by atoms with E-state index >= 15 is 0 Å². The van der Waals surface area contributed by atoms with Gasteiger partial charge in [-0.15, -0.1) is 0 Å². The van der Waals surface area contributed by atoms with Gasteiger partial charge in [0.05, 0.1) is 24.4 Å². The van der Waals surface area contributed by atoms with Gasteiger partial charge >= 0.3 is 0 Å². The van der Waals surface area contributed by atoms with E-state index in [0.717, 1.165) is 40.8 Å². The molecular weight excluding hydrogens is 496 g/mol. The van der Waals surface area contributed by atoms with Crippen LogP contribution in [0.3, 0.4) is 0 Å². The highest BCUT2D eigenvalue weighted by Crippen LogP contribution is 2.40. The zero-order valence-electron chi connectivity index (χ0n) is 21.7. The first-order valence-electron chi connectivity index (χ1n) is 12.6. The summed E-state index contributed by atoms with van der Waals surface area (Å²) in [4.78, 5) is 33.6. The van der Waals surface area contributed by atoms with E-state index in [4.69, 9.17) is 9.73 Å². The average molecular weight is 527 g/mol. The Morgan fingerprint density at radius 3 is 2.42 bits per heavy atom. The molecule has 3 aromatic rings. The van der Waals surface area contributed by atoms with Gasteiger partial charge in [0.25, 0.3) is 11.8 Å². The summed E-state index contributed by atoms with van der Waals surface area (Å²) in [5.74, 6) is 1.34.